The monoisotopic (exact) mass is 251 g/mol. The molecule has 0 spiro atoms. The van der Waals surface area contributed by atoms with Crippen LogP contribution in [0, 0.1) is 5.21 Å². The summed E-state index contributed by atoms with van der Waals surface area (Å²) in [7, 11) is 1.63. The van der Waals surface area contributed by atoms with Gasteiger partial charge in [-0.2, -0.15) is 4.73 Å². The zero-order valence-corrected chi connectivity index (χ0v) is 10.5. The van der Waals surface area contributed by atoms with Crippen LogP contribution in [0.4, 0.5) is 0 Å². The number of hydrogen-bond acceptors (Lipinski definition) is 2. The maximum Gasteiger partial charge on any atom is 0.231 e. The molecular weight excluding hydrogens is 238 g/mol. The molecule has 1 heterocycles. The summed E-state index contributed by atoms with van der Waals surface area (Å²) < 4.78 is 6.21. The Morgan fingerprint density at radius 3 is 2.53 bits per heavy atom. The van der Waals surface area contributed by atoms with Crippen LogP contribution in [0.25, 0.3) is 22.0 Å². The molecule has 3 heteroatoms. The number of nitrogens with zero attached hydrogens (tertiary/aromatic N) is 1. The fraction of sp³-hybridized carbons (Fsp3) is 0.0625. The van der Waals surface area contributed by atoms with Gasteiger partial charge in [-0.15, -0.1) is 0 Å². The third-order valence-electron chi connectivity index (χ3n) is 3.15. The summed E-state index contributed by atoms with van der Waals surface area (Å²) in [4.78, 5) is 0. The molecule has 94 valence electrons. The lowest BCUT2D eigenvalue weighted by atomic mass is 10.0. The van der Waals surface area contributed by atoms with E-state index in [1.165, 1.54) is 6.20 Å². The van der Waals surface area contributed by atoms with Crippen LogP contribution in [-0.2, 0) is 0 Å². The molecule has 0 unspecified atom stereocenters. The van der Waals surface area contributed by atoms with Gasteiger partial charge >= 0.3 is 0 Å². The van der Waals surface area contributed by atoms with E-state index in [9.17, 15) is 5.21 Å². The minimum Gasteiger partial charge on any atom is -0.618 e. The second-order valence-corrected chi connectivity index (χ2v) is 4.31. The van der Waals surface area contributed by atoms with Crippen molar-refractivity contribution in [2.75, 3.05) is 7.11 Å². The fourth-order valence-corrected chi connectivity index (χ4v) is 2.26. The molecule has 0 atom stereocenters. The first-order chi connectivity index (χ1) is 9.29. The lowest BCUT2D eigenvalue weighted by molar-refractivity contribution is -0.576. The van der Waals surface area contributed by atoms with Crippen LogP contribution in [0.1, 0.15) is 0 Å². The van der Waals surface area contributed by atoms with Crippen LogP contribution < -0.4 is 9.47 Å². The minimum absolute atomic E-state index is 0.662. The molecule has 0 N–H and O–H groups in total. The lowest BCUT2D eigenvalue weighted by Crippen LogP contribution is -2.26. The van der Waals surface area contributed by atoms with Crippen molar-refractivity contribution in [2.24, 2.45) is 0 Å². The number of methoxy groups -OCH3 is 1. The maximum absolute atomic E-state index is 12.0. The Hall–Kier alpha value is -2.55. The summed E-state index contributed by atoms with van der Waals surface area (Å²) >= 11 is 0. The van der Waals surface area contributed by atoms with Gasteiger partial charge in [0, 0.05) is 6.07 Å². The van der Waals surface area contributed by atoms with Crippen molar-refractivity contribution >= 4 is 10.9 Å². The van der Waals surface area contributed by atoms with Crippen molar-refractivity contribution in [3.05, 3.63) is 66.0 Å². The van der Waals surface area contributed by atoms with E-state index in [0.717, 1.165) is 27.0 Å². The van der Waals surface area contributed by atoms with E-state index in [-0.39, 0.29) is 0 Å². The highest BCUT2D eigenvalue weighted by atomic mass is 16.5. The zero-order valence-electron chi connectivity index (χ0n) is 10.5. The normalized spacial score (nSPS) is 10.6. The van der Waals surface area contributed by atoms with E-state index in [4.69, 9.17) is 4.74 Å². The Balaban J connectivity index is 2.39. The van der Waals surface area contributed by atoms with Crippen LogP contribution >= 0.6 is 0 Å². The first kappa shape index (κ1) is 11.5. The quantitative estimate of drug-likeness (QED) is 0.518. The molecule has 0 saturated carbocycles. The number of hydrogen-bond donors (Lipinski definition) is 0. The standard InChI is InChI=1S/C16H13NO2/c1-19-14-10-13-8-5-9-17(18)16(13)15(11-14)12-6-3-2-4-7-12/h2-11H,1H3. The Morgan fingerprint density at radius 2 is 1.79 bits per heavy atom. The molecule has 0 fully saturated rings. The predicted octanol–water partition coefficient (Wildman–Crippen LogP) is 3.15. The number of ether oxygens (including phenoxy) is 1. The molecule has 2 aromatic carbocycles. The molecule has 0 amide bonds. The van der Waals surface area contributed by atoms with E-state index >= 15 is 0 Å². The SMILES string of the molecule is COc1cc(-c2ccccc2)c2c(ccc[n+]2[O-])c1. The molecule has 0 aliphatic rings. The van der Waals surface area contributed by atoms with E-state index < -0.39 is 0 Å². The van der Waals surface area contributed by atoms with E-state index in [2.05, 4.69) is 0 Å². The third-order valence-corrected chi connectivity index (χ3v) is 3.15. The molecule has 3 aromatic rings. The molecule has 1 aromatic heterocycles. The van der Waals surface area contributed by atoms with Crippen LogP contribution in [-0.4, -0.2) is 7.11 Å². The predicted molar refractivity (Wildman–Crippen MR) is 74.9 cm³/mol. The summed E-state index contributed by atoms with van der Waals surface area (Å²) in [5.74, 6) is 0.748. The maximum atomic E-state index is 12.0. The van der Waals surface area contributed by atoms with Gasteiger partial charge in [0.2, 0.25) is 5.52 Å². The Kier molecular flexibility index (Phi) is 2.80. The van der Waals surface area contributed by atoms with Crippen molar-refractivity contribution in [1.82, 2.24) is 0 Å². The number of benzene rings is 2. The summed E-state index contributed by atoms with van der Waals surface area (Å²) in [6.07, 6.45) is 1.52. The van der Waals surface area contributed by atoms with Gasteiger partial charge in [0.05, 0.1) is 18.1 Å². The summed E-state index contributed by atoms with van der Waals surface area (Å²) in [5.41, 5.74) is 2.54. The van der Waals surface area contributed by atoms with Crippen molar-refractivity contribution in [3.63, 3.8) is 0 Å². The molecule has 19 heavy (non-hydrogen) atoms. The van der Waals surface area contributed by atoms with Crippen molar-refractivity contribution in [1.29, 1.82) is 0 Å². The molecular formula is C16H13NO2. The number of pyridine rings is 1. The van der Waals surface area contributed by atoms with E-state index in [0.29, 0.717) is 5.52 Å². The van der Waals surface area contributed by atoms with Crippen LogP contribution in [0.5, 0.6) is 5.75 Å². The Morgan fingerprint density at radius 1 is 1.00 bits per heavy atom. The third kappa shape index (κ3) is 1.99. The van der Waals surface area contributed by atoms with Crippen LogP contribution in [0.3, 0.4) is 0 Å². The molecule has 0 saturated heterocycles. The smallest absolute Gasteiger partial charge is 0.231 e. The van der Waals surface area contributed by atoms with E-state index in [1.54, 1.807) is 13.2 Å². The fourth-order valence-electron chi connectivity index (χ4n) is 2.26. The highest BCUT2D eigenvalue weighted by molar-refractivity contribution is 5.92. The second-order valence-electron chi connectivity index (χ2n) is 4.31. The van der Waals surface area contributed by atoms with Gasteiger partial charge in [-0.1, -0.05) is 30.3 Å². The number of fused-ring (bicyclic) bond motifs is 1. The molecule has 0 bridgehead atoms. The first-order valence-electron chi connectivity index (χ1n) is 6.05. The van der Waals surface area contributed by atoms with Crippen molar-refractivity contribution < 1.29 is 9.47 Å². The van der Waals surface area contributed by atoms with E-state index in [1.807, 2.05) is 48.5 Å². The van der Waals surface area contributed by atoms with Gasteiger partial charge in [-0.3, -0.25) is 0 Å². The average molecular weight is 251 g/mol. The Bertz CT molecular complexity index is 723. The first-order valence-corrected chi connectivity index (χ1v) is 6.05. The van der Waals surface area contributed by atoms with Gasteiger partial charge in [0.25, 0.3) is 0 Å². The van der Waals surface area contributed by atoms with Crippen LogP contribution in [0.15, 0.2) is 60.8 Å². The number of rotatable bonds is 2. The molecule has 0 aliphatic heterocycles. The van der Waals surface area contributed by atoms with Gasteiger partial charge in [-0.05, 0) is 23.8 Å². The lowest BCUT2D eigenvalue weighted by Gasteiger charge is -2.09. The van der Waals surface area contributed by atoms with Gasteiger partial charge in [-0.25, -0.2) is 0 Å². The second kappa shape index (κ2) is 4.61. The summed E-state index contributed by atoms with van der Waals surface area (Å²) in [5, 5.41) is 12.9. The molecule has 0 aliphatic carbocycles. The summed E-state index contributed by atoms with van der Waals surface area (Å²) in [6, 6.07) is 17.3. The highest BCUT2D eigenvalue weighted by Gasteiger charge is 2.13. The molecule has 3 nitrogen and oxygen atoms in total. The van der Waals surface area contributed by atoms with Crippen molar-refractivity contribution in [3.8, 4) is 16.9 Å². The largest absolute Gasteiger partial charge is 0.618 e. The van der Waals surface area contributed by atoms with Gasteiger partial charge in [0.1, 0.15) is 5.75 Å². The van der Waals surface area contributed by atoms with Crippen molar-refractivity contribution in [2.45, 2.75) is 0 Å². The van der Waals surface area contributed by atoms with Gasteiger partial charge in [0.15, 0.2) is 6.20 Å². The van der Waals surface area contributed by atoms with Gasteiger partial charge < -0.3 is 9.94 Å². The molecule has 0 radical (unpaired) electrons. The zero-order chi connectivity index (χ0) is 13.2. The highest BCUT2D eigenvalue weighted by Crippen LogP contribution is 2.30. The minimum atomic E-state index is 0.662. The number of aromatic nitrogens is 1. The topological polar surface area (TPSA) is 36.2 Å². The Labute approximate surface area is 111 Å². The van der Waals surface area contributed by atoms with Crippen LogP contribution in [0.2, 0.25) is 0 Å². The average Bonchev–Trinajstić information content (AvgIpc) is 2.47. The molecule has 3 rings (SSSR count). The summed E-state index contributed by atoms with van der Waals surface area (Å²) in [6.45, 7) is 0.